The number of carbonyl (C=O) groups excluding carboxylic acids is 1. The maximum absolute atomic E-state index is 13.0. The van der Waals surface area contributed by atoms with Crippen LogP contribution in [-0.4, -0.2) is 53.4 Å². The van der Waals surface area contributed by atoms with E-state index in [0.717, 1.165) is 64.7 Å². The lowest BCUT2D eigenvalue weighted by Crippen LogP contribution is -2.60. The van der Waals surface area contributed by atoms with E-state index in [9.17, 15) is 10.1 Å². The first-order chi connectivity index (χ1) is 16.7. The van der Waals surface area contributed by atoms with Crippen molar-refractivity contribution in [3.8, 4) is 6.07 Å². The first kappa shape index (κ1) is 22.6. The quantitative estimate of drug-likeness (QED) is 0.756. The highest BCUT2D eigenvalue weighted by molar-refractivity contribution is 6.02. The molecule has 1 saturated heterocycles. The number of rotatable bonds is 3. The third-order valence-electron chi connectivity index (χ3n) is 7.67. The minimum Gasteiger partial charge on any atom is -0.340 e. The van der Waals surface area contributed by atoms with Gasteiger partial charge in [0.05, 0.1) is 17.6 Å². The maximum Gasteiger partial charge on any atom is 0.246 e. The second-order valence-corrected chi connectivity index (χ2v) is 9.75. The molecule has 2 aromatic rings. The van der Waals surface area contributed by atoms with Gasteiger partial charge in [0, 0.05) is 26.2 Å². The third-order valence-corrected chi connectivity index (χ3v) is 7.67. The van der Waals surface area contributed by atoms with Crippen LogP contribution in [0.15, 0.2) is 65.7 Å². The summed E-state index contributed by atoms with van der Waals surface area (Å²) in [7, 11) is 0. The molecule has 1 spiro atoms. The number of hydrogen-bond acceptors (Lipinski definition) is 5. The average molecular weight is 456 g/mol. The zero-order valence-corrected chi connectivity index (χ0v) is 19.7. The molecular weight excluding hydrogens is 422 g/mol. The second kappa shape index (κ2) is 9.99. The second-order valence-electron chi connectivity index (χ2n) is 9.75. The highest BCUT2D eigenvalue weighted by Crippen LogP contribution is 2.39. The van der Waals surface area contributed by atoms with E-state index < -0.39 is 11.5 Å². The van der Waals surface area contributed by atoms with Crippen LogP contribution in [-0.2, 0) is 4.79 Å². The third kappa shape index (κ3) is 4.45. The lowest BCUT2D eigenvalue weighted by atomic mass is 9.77. The van der Waals surface area contributed by atoms with Gasteiger partial charge in [-0.05, 0) is 24.0 Å². The molecule has 1 N–H and O–H groups in total. The molecule has 34 heavy (non-hydrogen) atoms. The molecular formula is C28H33N5O. The molecule has 6 heteroatoms. The first-order valence-corrected chi connectivity index (χ1v) is 12.6. The van der Waals surface area contributed by atoms with Crippen LogP contribution in [0, 0.1) is 17.2 Å². The number of piperazine rings is 1. The van der Waals surface area contributed by atoms with Crippen molar-refractivity contribution in [1.29, 1.82) is 5.26 Å². The summed E-state index contributed by atoms with van der Waals surface area (Å²) < 4.78 is 0. The fraction of sp³-hybridized carbons (Fsp3) is 0.464. The van der Waals surface area contributed by atoms with Gasteiger partial charge in [0.25, 0.3) is 0 Å². The molecule has 1 amide bonds. The molecule has 6 nitrogen and oxygen atoms in total. The molecule has 1 unspecified atom stereocenters. The van der Waals surface area contributed by atoms with Crippen molar-refractivity contribution < 1.29 is 4.79 Å². The summed E-state index contributed by atoms with van der Waals surface area (Å²) in [6.45, 7) is 3.33. The van der Waals surface area contributed by atoms with Crippen molar-refractivity contribution in [3.05, 3.63) is 71.8 Å². The largest absolute Gasteiger partial charge is 0.340 e. The van der Waals surface area contributed by atoms with E-state index in [1.807, 2.05) is 0 Å². The molecule has 1 atom stereocenters. The van der Waals surface area contributed by atoms with Gasteiger partial charge in [0.2, 0.25) is 11.9 Å². The summed E-state index contributed by atoms with van der Waals surface area (Å²) in [4.78, 5) is 22.8. The van der Waals surface area contributed by atoms with Crippen LogP contribution in [0.25, 0.3) is 0 Å². The molecule has 2 aliphatic heterocycles. The molecule has 0 radical (unpaired) electrons. The summed E-state index contributed by atoms with van der Waals surface area (Å²) in [5, 5.41) is 12.8. The first-order valence-electron chi connectivity index (χ1n) is 12.6. The number of amides is 1. The zero-order chi connectivity index (χ0) is 23.4. The van der Waals surface area contributed by atoms with Gasteiger partial charge in [-0.25, -0.2) is 4.99 Å². The Hall–Kier alpha value is -3.17. The van der Waals surface area contributed by atoms with Crippen molar-refractivity contribution in [2.75, 3.05) is 26.2 Å². The maximum atomic E-state index is 13.0. The van der Waals surface area contributed by atoms with Crippen LogP contribution in [0.1, 0.15) is 55.7 Å². The summed E-state index contributed by atoms with van der Waals surface area (Å²) in [5.74, 6) is -0.187. The van der Waals surface area contributed by atoms with E-state index in [1.165, 1.54) is 11.1 Å². The number of carbonyl (C=O) groups is 1. The lowest BCUT2D eigenvalue weighted by molar-refractivity contribution is -0.124. The highest BCUT2D eigenvalue weighted by Gasteiger charge is 2.47. The lowest BCUT2D eigenvalue weighted by Gasteiger charge is -2.44. The van der Waals surface area contributed by atoms with Gasteiger partial charge < -0.3 is 4.90 Å². The molecule has 3 aliphatic rings. The van der Waals surface area contributed by atoms with E-state index in [2.05, 4.69) is 81.8 Å². The minimum absolute atomic E-state index is 0.178. The Kier molecular flexibility index (Phi) is 6.64. The van der Waals surface area contributed by atoms with Crippen molar-refractivity contribution >= 4 is 11.9 Å². The Bertz CT molecular complexity index is 1010. The number of nitriles is 1. The standard InChI is InChI=1S/C28H33N5O/c29-21-24-26(34)30-27(31-28(24)15-9-1-2-10-16-28)33-19-17-32(18-20-33)25(22-11-5-3-6-12-22)23-13-7-4-8-14-23/h3-8,11-14,24-25H,1-2,9-10,15-20H2,(H,30,31,34). The number of aliphatic imine (C=N–C) groups is 1. The van der Waals surface area contributed by atoms with Gasteiger partial charge in [-0.2, -0.15) is 5.26 Å². The molecule has 5 rings (SSSR count). The minimum atomic E-state index is -0.684. The van der Waals surface area contributed by atoms with Crippen molar-refractivity contribution in [1.82, 2.24) is 15.1 Å². The van der Waals surface area contributed by atoms with Crippen molar-refractivity contribution in [2.24, 2.45) is 10.9 Å². The Labute approximate surface area is 202 Å². The summed E-state index contributed by atoms with van der Waals surface area (Å²) in [6.07, 6.45) is 6.03. The van der Waals surface area contributed by atoms with Crippen LogP contribution in [0.4, 0.5) is 0 Å². The van der Waals surface area contributed by atoms with E-state index >= 15 is 0 Å². The molecule has 176 valence electrons. The van der Waals surface area contributed by atoms with Crippen molar-refractivity contribution in [2.45, 2.75) is 50.1 Å². The van der Waals surface area contributed by atoms with Gasteiger partial charge >= 0.3 is 0 Å². The van der Waals surface area contributed by atoms with Gasteiger partial charge in [0.15, 0.2) is 5.92 Å². The number of benzene rings is 2. The highest BCUT2D eigenvalue weighted by atomic mass is 16.2. The van der Waals surface area contributed by atoms with Crippen LogP contribution < -0.4 is 5.32 Å². The molecule has 0 bridgehead atoms. The Morgan fingerprint density at radius 2 is 1.44 bits per heavy atom. The number of hydrogen-bond donors (Lipinski definition) is 1. The van der Waals surface area contributed by atoms with Gasteiger partial charge in [-0.15, -0.1) is 0 Å². The SMILES string of the molecule is N#CC1C(=O)NC(N2CCN(C(c3ccccc3)c3ccccc3)CC2)=NC12CCCCCC2. The molecule has 2 aromatic carbocycles. The van der Waals surface area contributed by atoms with E-state index in [-0.39, 0.29) is 11.9 Å². The predicted molar refractivity (Wildman–Crippen MR) is 133 cm³/mol. The van der Waals surface area contributed by atoms with Crippen LogP contribution in [0.3, 0.4) is 0 Å². The summed E-state index contributed by atoms with van der Waals surface area (Å²) in [6, 6.07) is 23.8. The monoisotopic (exact) mass is 455 g/mol. The predicted octanol–water partition coefficient (Wildman–Crippen LogP) is 4.11. The normalized spacial score (nSPS) is 23.2. The number of nitrogens with zero attached hydrogens (tertiary/aromatic N) is 4. The van der Waals surface area contributed by atoms with E-state index in [4.69, 9.17) is 4.99 Å². The average Bonchev–Trinajstić information content (AvgIpc) is 3.11. The summed E-state index contributed by atoms with van der Waals surface area (Å²) in [5.41, 5.74) is 2.02. The molecule has 1 saturated carbocycles. The molecule has 0 aromatic heterocycles. The van der Waals surface area contributed by atoms with Gasteiger partial charge in [-0.3, -0.25) is 15.0 Å². The van der Waals surface area contributed by atoms with Crippen molar-refractivity contribution in [3.63, 3.8) is 0 Å². The van der Waals surface area contributed by atoms with Crippen LogP contribution in [0.5, 0.6) is 0 Å². The van der Waals surface area contributed by atoms with Crippen LogP contribution in [0.2, 0.25) is 0 Å². The van der Waals surface area contributed by atoms with Gasteiger partial charge in [-0.1, -0.05) is 86.3 Å². The Balaban J connectivity index is 1.36. The zero-order valence-electron chi connectivity index (χ0n) is 19.7. The Morgan fingerprint density at radius 1 is 0.882 bits per heavy atom. The number of nitrogens with one attached hydrogen (secondary N) is 1. The topological polar surface area (TPSA) is 71.7 Å². The summed E-state index contributed by atoms with van der Waals surface area (Å²) >= 11 is 0. The number of guanidine groups is 1. The van der Waals surface area contributed by atoms with Gasteiger partial charge in [0.1, 0.15) is 0 Å². The smallest absolute Gasteiger partial charge is 0.246 e. The molecule has 2 heterocycles. The van der Waals surface area contributed by atoms with E-state index in [1.54, 1.807) is 0 Å². The Morgan fingerprint density at radius 3 is 1.97 bits per heavy atom. The molecule has 2 fully saturated rings. The fourth-order valence-electron chi connectivity index (χ4n) is 5.88. The molecule has 1 aliphatic carbocycles. The fourth-order valence-corrected chi connectivity index (χ4v) is 5.88. The van der Waals surface area contributed by atoms with E-state index in [0.29, 0.717) is 5.96 Å². The van der Waals surface area contributed by atoms with Crippen LogP contribution >= 0.6 is 0 Å².